The summed E-state index contributed by atoms with van der Waals surface area (Å²) in [5, 5.41) is 86.9. The summed E-state index contributed by atoms with van der Waals surface area (Å²) in [6, 6.07) is 3.08. The monoisotopic (exact) mass is 484 g/mol. The van der Waals surface area contributed by atoms with Crippen molar-refractivity contribution in [3.8, 4) is 34.5 Å². The van der Waals surface area contributed by atoms with Gasteiger partial charge in [-0.15, -0.1) is 0 Å². The van der Waals surface area contributed by atoms with E-state index in [4.69, 9.17) is 14.2 Å². The van der Waals surface area contributed by atoms with Gasteiger partial charge in [0.25, 0.3) is 0 Å². The van der Waals surface area contributed by atoms with Crippen molar-refractivity contribution in [3.63, 3.8) is 0 Å². The third-order valence-corrected chi connectivity index (χ3v) is 4.88. The Morgan fingerprint density at radius 3 is 1.62 bits per heavy atom. The molecule has 0 spiro atoms. The average molecular weight is 484 g/mol. The molecular formula is C20H20O14. The molecule has 0 amide bonds. The van der Waals surface area contributed by atoms with Gasteiger partial charge in [-0.05, 0) is 24.3 Å². The molecule has 14 nitrogen and oxygen atoms in total. The SMILES string of the molecule is O=C(OC[C@@H]1O[C@H](OC(=O)c2cc(O)c(O)c(O)c2)[C@@H](O)[C@H](O)[C@H]1O)c1cc(O)c(O)c(O)c1. The van der Waals surface area contributed by atoms with Crippen molar-refractivity contribution in [1.82, 2.24) is 0 Å². The number of aromatic hydroxyl groups is 6. The van der Waals surface area contributed by atoms with Crippen LogP contribution in [0.25, 0.3) is 0 Å². The molecule has 0 aliphatic carbocycles. The predicted molar refractivity (Wildman–Crippen MR) is 105 cm³/mol. The van der Waals surface area contributed by atoms with Gasteiger partial charge in [0.2, 0.25) is 6.29 Å². The third-order valence-electron chi connectivity index (χ3n) is 4.88. The number of rotatable bonds is 5. The minimum absolute atomic E-state index is 0.381. The number of benzene rings is 2. The van der Waals surface area contributed by atoms with Crippen molar-refractivity contribution in [3.05, 3.63) is 35.4 Å². The molecule has 5 atom stereocenters. The van der Waals surface area contributed by atoms with Gasteiger partial charge in [0.1, 0.15) is 31.0 Å². The van der Waals surface area contributed by atoms with Crippen LogP contribution < -0.4 is 0 Å². The normalized spacial score (nSPS) is 24.4. The smallest absolute Gasteiger partial charge is 0.340 e. The fraction of sp³-hybridized carbons (Fsp3) is 0.300. The lowest BCUT2D eigenvalue weighted by Gasteiger charge is -2.39. The van der Waals surface area contributed by atoms with E-state index in [-0.39, 0.29) is 5.56 Å². The second-order valence-corrected chi connectivity index (χ2v) is 7.24. The lowest BCUT2D eigenvalue weighted by molar-refractivity contribution is -0.285. The van der Waals surface area contributed by atoms with Crippen molar-refractivity contribution >= 4 is 11.9 Å². The van der Waals surface area contributed by atoms with Crippen LogP contribution in [-0.2, 0) is 14.2 Å². The van der Waals surface area contributed by atoms with Crippen LogP contribution in [0, 0.1) is 0 Å². The number of carbonyl (C=O) groups is 2. The van der Waals surface area contributed by atoms with Gasteiger partial charge in [0.15, 0.2) is 34.5 Å². The van der Waals surface area contributed by atoms with Crippen LogP contribution >= 0.6 is 0 Å². The predicted octanol–water partition coefficient (Wildman–Crippen LogP) is -1.26. The molecule has 1 fully saturated rings. The molecule has 0 saturated carbocycles. The number of aliphatic hydroxyl groups excluding tert-OH is 3. The summed E-state index contributed by atoms with van der Waals surface area (Å²) in [5.41, 5.74) is -0.840. The molecule has 34 heavy (non-hydrogen) atoms. The van der Waals surface area contributed by atoms with Gasteiger partial charge in [0, 0.05) is 0 Å². The van der Waals surface area contributed by atoms with Gasteiger partial charge < -0.3 is 60.2 Å². The number of hydrogen-bond acceptors (Lipinski definition) is 14. The molecule has 1 aliphatic rings. The van der Waals surface area contributed by atoms with Gasteiger partial charge >= 0.3 is 11.9 Å². The van der Waals surface area contributed by atoms with Gasteiger partial charge in [-0.3, -0.25) is 0 Å². The first-order valence-electron chi connectivity index (χ1n) is 9.48. The molecule has 0 aromatic heterocycles. The highest BCUT2D eigenvalue weighted by atomic mass is 16.7. The summed E-state index contributed by atoms with van der Waals surface area (Å²) < 4.78 is 15.0. The Morgan fingerprint density at radius 2 is 1.15 bits per heavy atom. The second kappa shape index (κ2) is 9.48. The molecule has 1 heterocycles. The Hall–Kier alpha value is -3.98. The van der Waals surface area contributed by atoms with E-state index in [1.807, 2.05) is 0 Å². The zero-order valence-electron chi connectivity index (χ0n) is 17.0. The van der Waals surface area contributed by atoms with Crippen LogP contribution in [0.5, 0.6) is 34.5 Å². The summed E-state index contributed by atoms with van der Waals surface area (Å²) in [6.07, 6.45) is -9.09. The van der Waals surface area contributed by atoms with E-state index in [1.54, 1.807) is 0 Å². The van der Waals surface area contributed by atoms with Gasteiger partial charge in [-0.1, -0.05) is 0 Å². The molecular weight excluding hydrogens is 464 g/mol. The molecule has 0 radical (unpaired) electrons. The number of phenols is 6. The lowest BCUT2D eigenvalue weighted by Crippen LogP contribution is -2.59. The quantitative estimate of drug-likeness (QED) is 0.178. The van der Waals surface area contributed by atoms with E-state index in [0.717, 1.165) is 24.3 Å². The molecule has 0 bridgehead atoms. The number of hydrogen-bond donors (Lipinski definition) is 9. The van der Waals surface area contributed by atoms with Gasteiger partial charge in [-0.2, -0.15) is 0 Å². The molecule has 2 aromatic rings. The van der Waals surface area contributed by atoms with Crippen molar-refractivity contribution in [2.24, 2.45) is 0 Å². The summed E-state index contributed by atoms with van der Waals surface area (Å²) in [7, 11) is 0. The standard InChI is InChI=1S/C20H20O14/c21-8-1-6(2-9(22)13(8)25)18(30)32-5-12-15(27)16(28)17(29)20(33-12)34-19(31)7-3-10(23)14(26)11(24)4-7/h1-4,12,15-17,20-29H,5H2/t12-,15-,16+,17-,20+/m0/s1. The highest BCUT2D eigenvalue weighted by Gasteiger charge is 2.46. The summed E-state index contributed by atoms with van der Waals surface area (Å²) in [4.78, 5) is 24.5. The molecule has 0 unspecified atom stereocenters. The van der Waals surface area contributed by atoms with Crippen molar-refractivity contribution in [2.45, 2.75) is 30.7 Å². The largest absolute Gasteiger partial charge is 0.504 e. The molecule has 1 aliphatic heterocycles. The summed E-state index contributed by atoms with van der Waals surface area (Å²) in [6.45, 7) is -0.749. The fourth-order valence-electron chi connectivity index (χ4n) is 3.01. The Balaban J connectivity index is 1.70. The van der Waals surface area contributed by atoms with E-state index in [0.29, 0.717) is 0 Å². The van der Waals surface area contributed by atoms with E-state index in [1.165, 1.54) is 0 Å². The molecule has 2 aromatic carbocycles. The maximum absolute atomic E-state index is 12.3. The van der Waals surface area contributed by atoms with Crippen molar-refractivity contribution in [2.75, 3.05) is 6.61 Å². The first-order chi connectivity index (χ1) is 15.9. The lowest BCUT2D eigenvalue weighted by atomic mass is 9.99. The molecule has 3 rings (SSSR count). The van der Waals surface area contributed by atoms with Gasteiger partial charge in [-0.25, -0.2) is 9.59 Å². The zero-order valence-corrected chi connectivity index (χ0v) is 17.0. The van der Waals surface area contributed by atoms with E-state index >= 15 is 0 Å². The molecule has 1 saturated heterocycles. The maximum atomic E-state index is 12.3. The minimum Gasteiger partial charge on any atom is -0.504 e. The molecule has 9 N–H and O–H groups in total. The van der Waals surface area contributed by atoms with E-state index < -0.39 is 89.3 Å². The summed E-state index contributed by atoms with van der Waals surface area (Å²) >= 11 is 0. The fourth-order valence-corrected chi connectivity index (χ4v) is 3.01. The van der Waals surface area contributed by atoms with E-state index in [2.05, 4.69) is 0 Å². The topological polar surface area (TPSA) is 244 Å². The average Bonchev–Trinajstić information content (AvgIpc) is 2.79. The Kier molecular flexibility index (Phi) is 6.88. The Morgan fingerprint density at radius 1 is 0.706 bits per heavy atom. The van der Waals surface area contributed by atoms with Gasteiger partial charge in [0.05, 0.1) is 11.1 Å². The van der Waals surface area contributed by atoms with Crippen LogP contribution in [0.15, 0.2) is 24.3 Å². The number of aliphatic hydroxyl groups is 3. The van der Waals surface area contributed by atoms with Crippen LogP contribution in [-0.4, -0.2) is 95.2 Å². The van der Waals surface area contributed by atoms with Crippen LogP contribution in [0.2, 0.25) is 0 Å². The van der Waals surface area contributed by atoms with Crippen molar-refractivity contribution < 1.29 is 69.8 Å². The highest BCUT2D eigenvalue weighted by molar-refractivity contribution is 5.91. The first-order valence-corrected chi connectivity index (χ1v) is 9.48. The van der Waals surface area contributed by atoms with Crippen LogP contribution in [0.1, 0.15) is 20.7 Å². The summed E-state index contributed by atoms with van der Waals surface area (Å²) in [5.74, 6) is -7.45. The zero-order chi connectivity index (χ0) is 25.3. The Bertz CT molecular complexity index is 1050. The number of carbonyl (C=O) groups excluding carboxylic acids is 2. The van der Waals surface area contributed by atoms with Crippen LogP contribution in [0.4, 0.5) is 0 Å². The highest BCUT2D eigenvalue weighted by Crippen LogP contribution is 2.37. The number of esters is 2. The first kappa shape index (κ1) is 24.7. The van der Waals surface area contributed by atoms with E-state index in [9.17, 15) is 55.5 Å². The maximum Gasteiger partial charge on any atom is 0.340 e. The minimum atomic E-state index is -1.95. The van der Waals surface area contributed by atoms with Crippen molar-refractivity contribution in [1.29, 1.82) is 0 Å². The second-order valence-electron chi connectivity index (χ2n) is 7.24. The number of phenolic OH excluding ortho intramolecular Hbond substituents is 6. The Labute approximate surface area is 189 Å². The number of ether oxygens (including phenoxy) is 3. The molecule has 184 valence electrons. The van der Waals surface area contributed by atoms with Crippen LogP contribution in [0.3, 0.4) is 0 Å². The molecule has 14 heteroatoms. The third kappa shape index (κ3) is 4.84.